The molecule has 4 N–H and O–H groups in total. The Bertz CT molecular complexity index is 360. The van der Waals surface area contributed by atoms with Crippen LogP contribution in [0.25, 0.3) is 0 Å². The number of Topliss-reactive ketones (excluding diaryl/α,β-unsaturated/α-hetero) is 1. The molecule has 0 saturated heterocycles. The van der Waals surface area contributed by atoms with Crippen molar-refractivity contribution in [2.24, 2.45) is 11.5 Å². The first kappa shape index (κ1) is 14.9. The van der Waals surface area contributed by atoms with Crippen molar-refractivity contribution in [1.29, 1.82) is 0 Å². The van der Waals surface area contributed by atoms with E-state index < -0.39 is 5.66 Å². The highest BCUT2D eigenvalue weighted by Gasteiger charge is 2.27. The van der Waals surface area contributed by atoms with E-state index in [1.807, 2.05) is 30.3 Å². The van der Waals surface area contributed by atoms with Gasteiger partial charge in [0.05, 0.1) is 0 Å². The number of carbonyl (C=O) groups excluding carboxylic acids is 1. The number of aryl methyl sites for hydroxylation is 1. The third kappa shape index (κ3) is 4.98. The molecule has 0 radical (unpaired) electrons. The average Bonchev–Trinajstić information content (AvgIpc) is 2.37. The molecule has 0 heterocycles. The fourth-order valence-corrected chi connectivity index (χ4v) is 1.94. The maximum Gasteiger partial charge on any atom is 0.167 e. The second-order valence-electron chi connectivity index (χ2n) is 4.91. The van der Waals surface area contributed by atoms with E-state index in [9.17, 15) is 4.79 Å². The number of carbonyl (C=O) groups is 1. The minimum absolute atomic E-state index is 0.0394. The normalized spacial score (nSPS) is 11.5. The molecule has 0 aliphatic heterocycles. The van der Waals surface area contributed by atoms with Gasteiger partial charge in [-0.2, -0.15) is 0 Å². The van der Waals surface area contributed by atoms with Crippen molar-refractivity contribution in [2.45, 2.75) is 51.1 Å². The molecule has 0 saturated carbocycles. The molecule has 100 valence electrons. The summed E-state index contributed by atoms with van der Waals surface area (Å²) >= 11 is 0. The third-order valence-corrected chi connectivity index (χ3v) is 3.20. The largest absolute Gasteiger partial charge is 0.307 e. The molecule has 3 nitrogen and oxygen atoms in total. The lowest BCUT2D eigenvalue weighted by molar-refractivity contribution is -0.124. The second kappa shape index (κ2) is 7.29. The summed E-state index contributed by atoms with van der Waals surface area (Å²) in [6.07, 6.45) is 4.80. The maximum atomic E-state index is 12.0. The van der Waals surface area contributed by atoms with E-state index in [4.69, 9.17) is 11.5 Å². The Morgan fingerprint density at radius 1 is 1.17 bits per heavy atom. The molecule has 18 heavy (non-hydrogen) atoms. The highest BCUT2D eigenvalue weighted by molar-refractivity contribution is 5.87. The van der Waals surface area contributed by atoms with E-state index >= 15 is 0 Å². The van der Waals surface area contributed by atoms with Crippen LogP contribution in [0.5, 0.6) is 0 Å². The summed E-state index contributed by atoms with van der Waals surface area (Å²) in [5, 5.41) is 0. The monoisotopic (exact) mass is 248 g/mol. The van der Waals surface area contributed by atoms with Crippen molar-refractivity contribution in [1.82, 2.24) is 0 Å². The SMILES string of the molecule is CCCCCC(N)(N)C(=O)CCc1ccccc1. The molecule has 1 aromatic rings. The Morgan fingerprint density at radius 3 is 2.44 bits per heavy atom. The Labute approximate surface area is 110 Å². The second-order valence-corrected chi connectivity index (χ2v) is 4.91. The summed E-state index contributed by atoms with van der Waals surface area (Å²) in [6, 6.07) is 9.93. The Hall–Kier alpha value is -1.19. The van der Waals surface area contributed by atoms with Gasteiger partial charge in [-0.05, 0) is 24.8 Å². The van der Waals surface area contributed by atoms with Crippen LogP contribution in [0.4, 0.5) is 0 Å². The topological polar surface area (TPSA) is 69.1 Å². The van der Waals surface area contributed by atoms with Gasteiger partial charge in [0.1, 0.15) is 5.66 Å². The molecular weight excluding hydrogens is 224 g/mol. The summed E-state index contributed by atoms with van der Waals surface area (Å²) in [4.78, 5) is 12.0. The Balaban J connectivity index is 2.39. The zero-order chi connectivity index (χ0) is 13.4. The zero-order valence-electron chi connectivity index (χ0n) is 11.2. The van der Waals surface area contributed by atoms with Crippen LogP contribution in [0.1, 0.15) is 44.6 Å². The van der Waals surface area contributed by atoms with E-state index in [0.29, 0.717) is 19.3 Å². The van der Waals surface area contributed by atoms with Crippen LogP contribution < -0.4 is 11.5 Å². The van der Waals surface area contributed by atoms with Gasteiger partial charge in [-0.15, -0.1) is 0 Å². The van der Waals surface area contributed by atoms with Crippen LogP contribution in [0.2, 0.25) is 0 Å². The molecule has 0 aliphatic rings. The molecule has 0 aliphatic carbocycles. The number of hydrogen-bond acceptors (Lipinski definition) is 3. The van der Waals surface area contributed by atoms with Crippen LogP contribution in [0.3, 0.4) is 0 Å². The molecule has 0 bridgehead atoms. The molecule has 3 heteroatoms. The van der Waals surface area contributed by atoms with Crippen LogP contribution >= 0.6 is 0 Å². The first-order valence-electron chi connectivity index (χ1n) is 6.71. The number of unbranched alkanes of at least 4 members (excludes halogenated alkanes) is 2. The van der Waals surface area contributed by atoms with Crippen LogP contribution in [0.15, 0.2) is 30.3 Å². The minimum Gasteiger partial charge on any atom is -0.307 e. The average molecular weight is 248 g/mol. The van der Waals surface area contributed by atoms with Gasteiger partial charge < -0.3 is 11.5 Å². The predicted molar refractivity (Wildman–Crippen MR) is 75.0 cm³/mol. The lowest BCUT2D eigenvalue weighted by Crippen LogP contribution is -2.56. The number of rotatable bonds is 8. The van der Waals surface area contributed by atoms with Gasteiger partial charge in [0.25, 0.3) is 0 Å². The van der Waals surface area contributed by atoms with E-state index in [2.05, 4.69) is 6.92 Å². The molecular formula is C15H24N2O. The molecule has 1 aromatic carbocycles. The van der Waals surface area contributed by atoms with Crippen molar-refractivity contribution in [3.05, 3.63) is 35.9 Å². The summed E-state index contributed by atoms with van der Waals surface area (Å²) in [6.45, 7) is 2.12. The van der Waals surface area contributed by atoms with Gasteiger partial charge in [-0.1, -0.05) is 50.1 Å². The van der Waals surface area contributed by atoms with E-state index in [0.717, 1.165) is 24.8 Å². The molecule has 0 amide bonds. The van der Waals surface area contributed by atoms with Gasteiger partial charge in [0, 0.05) is 6.42 Å². The highest BCUT2D eigenvalue weighted by atomic mass is 16.1. The van der Waals surface area contributed by atoms with E-state index in [1.165, 1.54) is 0 Å². The van der Waals surface area contributed by atoms with Gasteiger partial charge in [-0.25, -0.2) is 0 Å². The van der Waals surface area contributed by atoms with Gasteiger partial charge in [-0.3, -0.25) is 4.79 Å². The highest BCUT2D eigenvalue weighted by Crippen LogP contribution is 2.12. The fraction of sp³-hybridized carbons (Fsp3) is 0.533. The zero-order valence-corrected chi connectivity index (χ0v) is 11.2. The van der Waals surface area contributed by atoms with E-state index in [-0.39, 0.29) is 5.78 Å². The van der Waals surface area contributed by atoms with Crippen molar-refractivity contribution >= 4 is 5.78 Å². The Morgan fingerprint density at radius 2 is 1.83 bits per heavy atom. The molecule has 0 aromatic heterocycles. The summed E-state index contributed by atoms with van der Waals surface area (Å²) in [7, 11) is 0. The quantitative estimate of drug-likeness (QED) is 0.548. The summed E-state index contributed by atoms with van der Waals surface area (Å²) in [5.74, 6) is -0.0394. The summed E-state index contributed by atoms with van der Waals surface area (Å²) in [5.41, 5.74) is 11.8. The van der Waals surface area contributed by atoms with Gasteiger partial charge >= 0.3 is 0 Å². The lowest BCUT2D eigenvalue weighted by Gasteiger charge is -2.22. The van der Waals surface area contributed by atoms with Crippen LogP contribution in [-0.2, 0) is 11.2 Å². The first-order chi connectivity index (χ1) is 8.56. The number of hydrogen-bond donors (Lipinski definition) is 2. The molecule has 0 spiro atoms. The predicted octanol–water partition coefficient (Wildman–Crippen LogP) is 2.38. The standard InChI is InChI=1S/C15H24N2O/c1-2-3-7-12-15(16,17)14(18)11-10-13-8-5-4-6-9-13/h4-6,8-9H,2-3,7,10-12,16-17H2,1H3. The van der Waals surface area contributed by atoms with Crippen molar-refractivity contribution < 1.29 is 4.79 Å². The lowest BCUT2D eigenvalue weighted by atomic mass is 9.94. The van der Waals surface area contributed by atoms with Crippen LogP contribution in [0, 0.1) is 0 Å². The molecule has 1 rings (SSSR count). The number of nitrogens with two attached hydrogens (primary N) is 2. The summed E-state index contributed by atoms with van der Waals surface area (Å²) < 4.78 is 0. The van der Waals surface area contributed by atoms with Crippen molar-refractivity contribution in [3.8, 4) is 0 Å². The number of ketones is 1. The fourth-order valence-electron chi connectivity index (χ4n) is 1.94. The minimum atomic E-state index is -1.15. The van der Waals surface area contributed by atoms with Crippen LogP contribution in [-0.4, -0.2) is 11.4 Å². The Kier molecular flexibility index (Phi) is 6.02. The van der Waals surface area contributed by atoms with Crippen molar-refractivity contribution in [2.75, 3.05) is 0 Å². The smallest absolute Gasteiger partial charge is 0.167 e. The third-order valence-electron chi connectivity index (χ3n) is 3.20. The molecule has 0 unspecified atom stereocenters. The maximum absolute atomic E-state index is 12.0. The first-order valence-corrected chi connectivity index (χ1v) is 6.71. The molecule has 0 fully saturated rings. The van der Waals surface area contributed by atoms with Gasteiger partial charge in [0.2, 0.25) is 0 Å². The molecule has 0 atom stereocenters. The van der Waals surface area contributed by atoms with Gasteiger partial charge in [0.15, 0.2) is 5.78 Å². The van der Waals surface area contributed by atoms with Crippen molar-refractivity contribution in [3.63, 3.8) is 0 Å². The van der Waals surface area contributed by atoms with E-state index in [1.54, 1.807) is 0 Å². The number of benzene rings is 1.